The summed E-state index contributed by atoms with van der Waals surface area (Å²) in [5.41, 5.74) is 2.94. The van der Waals surface area contributed by atoms with Gasteiger partial charge in [0.15, 0.2) is 0 Å². The minimum atomic E-state index is -1.47. The monoisotopic (exact) mass is 448 g/mol. The number of amidine groups is 1. The zero-order valence-electron chi connectivity index (χ0n) is 20.0. The maximum absolute atomic E-state index is 13.7. The van der Waals surface area contributed by atoms with Gasteiger partial charge < -0.3 is 25.3 Å². The van der Waals surface area contributed by atoms with Crippen LogP contribution in [0.25, 0.3) is 0 Å². The molecule has 0 aromatic heterocycles. The zero-order chi connectivity index (χ0) is 23.8. The van der Waals surface area contributed by atoms with Crippen molar-refractivity contribution in [3.8, 4) is 0 Å². The van der Waals surface area contributed by atoms with Gasteiger partial charge in [0.05, 0.1) is 5.69 Å². The first kappa shape index (κ1) is 22.8. The average molecular weight is 449 g/mol. The predicted molar refractivity (Wildman–Crippen MR) is 132 cm³/mol. The van der Waals surface area contributed by atoms with Crippen molar-refractivity contribution in [2.24, 2.45) is 4.99 Å². The first-order valence-electron chi connectivity index (χ1n) is 11.3. The molecule has 2 aliphatic rings. The molecule has 4 rings (SSSR count). The number of hydrogen-bond donors (Lipinski definition) is 2. The van der Waals surface area contributed by atoms with Crippen LogP contribution in [0.5, 0.6) is 0 Å². The molecule has 0 bridgehead atoms. The number of benzene rings is 2. The maximum Gasteiger partial charge on any atom is 0.321 e. The number of carbonyl (C=O) groups is 2. The Hall–Kier alpha value is -3.39. The summed E-state index contributed by atoms with van der Waals surface area (Å²) in [6.45, 7) is 9.02. The summed E-state index contributed by atoms with van der Waals surface area (Å²) in [6.07, 6.45) is 0. The number of aliphatic imine (C=N–C) groups is 1. The van der Waals surface area contributed by atoms with Gasteiger partial charge in [0.1, 0.15) is 5.84 Å². The predicted octanol–water partition coefficient (Wildman–Crippen LogP) is 2.81. The number of benzodiazepines with no additional fused rings is 1. The van der Waals surface area contributed by atoms with E-state index >= 15 is 0 Å². The van der Waals surface area contributed by atoms with Crippen molar-refractivity contribution in [2.75, 3.05) is 50.5 Å². The van der Waals surface area contributed by atoms with E-state index in [-0.39, 0.29) is 5.91 Å². The van der Waals surface area contributed by atoms with Crippen molar-refractivity contribution < 1.29 is 9.59 Å². The second-order valence-electron chi connectivity index (χ2n) is 9.08. The lowest BCUT2D eigenvalue weighted by Crippen LogP contribution is -2.57. The summed E-state index contributed by atoms with van der Waals surface area (Å²) in [6, 6.07) is 13.0. The molecule has 1 unspecified atom stereocenters. The van der Waals surface area contributed by atoms with E-state index in [1.807, 2.05) is 56.3 Å². The zero-order valence-corrected chi connectivity index (χ0v) is 20.0. The molecular weight excluding hydrogens is 416 g/mol. The topological polar surface area (TPSA) is 80.3 Å². The molecule has 1 atom stereocenters. The second-order valence-corrected chi connectivity index (χ2v) is 9.08. The van der Waals surface area contributed by atoms with Crippen molar-refractivity contribution in [2.45, 2.75) is 26.4 Å². The van der Waals surface area contributed by atoms with Gasteiger partial charge in [0, 0.05) is 44.5 Å². The fourth-order valence-corrected chi connectivity index (χ4v) is 4.48. The number of nitrogens with zero attached hydrogens (tertiary/aromatic N) is 4. The van der Waals surface area contributed by atoms with Gasteiger partial charge in [0.25, 0.3) is 5.91 Å². The number of amides is 3. The third-order valence-electron chi connectivity index (χ3n) is 6.30. The van der Waals surface area contributed by atoms with E-state index in [1.165, 1.54) is 0 Å². The Morgan fingerprint density at radius 2 is 1.73 bits per heavy atom. The van der Waals surface area contributed by atoms with Crippen LogP contribution in [0.15, 0.2) is 47.5 Å². The lowest BCUT2D eigenvalue weighted by molar-refractivity contribution is -0.123. The van der Waals surface area contributed by atoms with Crippen molar-refractivity contribution in [3.63, 3.8) is 0 Å². The van der Waals surface area contributed by atoms with Crippen LogP contribution in [0, 0.1) is 13.8 Å². The molecule has 2 N–H and O–H groups in total. The molecule has 1 fully saturated rings. The lowest BCUT2D eigenvalue weighted by Gasteiger charge is -2.35. The smallest absolute Gasteiger partial charge is 0.321 e. The van der Waals surface area contributed by atoms with Gasteiger partial charge in [-0.2, -0.15) is 0 Å². The van der Waals surface area contributed by atoms with Crippen molar-refractivity contribution in [1.82, 2.24) is 15.1 Å². The molecular formula is C25H32N6O2. The normalized spacial score (nSPS) is 21.2. The number of carbonyl (C=O) groups excluding carboxylic acids is 2. The number of aryl methyl sites for hydroxylation is 2. The molecule has 2 aliphatic heterocycles. The Bertz CT molecular complexity index is 1110. The first-order valence-corrected chi connectivity index (χ1v) is 11.3. The van der Waals surface area contributed by atoms with E-state index in [9.17, 15) is 9.59 Å². The van der Waals surface area contributed by atoms with Crippen LogP contribution in [0.3, 0.4) is 0 Å². The molecule has 8 nitrogen and oxygen atoms in total. The van der Waals surface area contributed by atoms with Crippen LogP contribution in [-0.2, 0) is 4.79 Å². The Morgan fingerprint density at radius 1 is 1.03 bits per heavy atom. The third-order valence-corrected chi connectivity index (χ3v) is 6.30. The third kappa shape index (κ3) is 4.57. The summed E-state index contributed by atoms with van der Waals surface area (Å²) in [5.74, 6) is 0.444. The highest BCUT2D eigenvalue weighted by Crippen LogP contribution is 2.32. The molecule has 1 saturated heterocycles. The van der Waals surface area contributed by atoms with Gasteiger partial charge in [-0.15, -0.1) is 0 Å². The van der Waals surface area contributed by atoms with Gasteiger partial charge in [-0.3, -0.25) is 4.79 Å². The highest BCUT2D eigenvalue weighted by molar-refractivity contribution is 6.14. The number of anilines is 2. The van der Waals surface area contributed by atoms with Gasteiger partial charge >= 0.3 is 6.03 Å². The highest BCUT2D eigenvalue weighted by Gasteiger charge is 2.42. The van der Waals surface area contributed by atoms with Crippen LogP contribution in [0.2, 0.25) is 0 Å². The van der Waals surface area contributed by atoms with Gasteiger partial charge in [-0.05, 0) is 57.1 Å². The number of urea groups is 1. The molecule has 2 aromatic rings. The van der Waals surface area contributed by atoms with E-state index in [1.54, 1.807) is 18.9 Å². The second kappa shape index (κ2) is 8.86. The fourth-order valence-electron chi connectivity index (χ4n) is 4.48. The number of rotatable bonds is 2. The molecule has 174 valence electrons. The summed E-state index contributed by atoms with van der Waals surface area (Å²) >= 11 is 0. The van der Waals surface area contributed by atoms with Crippen molar-refractivity contribution in [3.05, 3.63) is 59.2 Å². The summed E-state index contributed by atoms with van der Waals surface area (Å²) in [5, 5.41) is 5.68. The van der Waals surface area contributed by atoms with Crippen LogP contribution in [-0.4, -0.2) is 73.5 Å². The standard InChI is InChI=1S/C25H32N6O2/c1-17-8-6-10-19(16-17)26-24(33)28-25(3)23(32)30(5)21-18(2)9-7-11-20(21)22(27-25)31-14-12-29(4)13-15-31/h6-11,16H,12-15H2,1-5H3,(H2,26,28,33). The number of piperazine rings is 1. The molecule has 2 aromatic carbocycles. The molecule has 3 amide bonds. The van der Waals surface area contributed by atoms with Crippen LogP contribution in [0.4, 0.5) is 16.2 Å². The summed E-state index contributed by atoms with van der Waals surface area (Å²) in [7, 11) is 3.85. The molecule has 8 heteroatoms. The number of fused-ring (bicyclic) bond motifs is 1. The quantitative estimate of drug-likeness (QED) is 0.741. The Balaban J connectivity index is 1.72. The highest BCUT2D eigenvalue weighted by atomic mass is 16.2. The molecule has 2 heterocycles. The fraction of sp³-hybridized carbons (Fsp3) is 0.400. The van der Waals surface area contributed by atoms with E-state index < -0.39 is 11.7 Å². The van der Waals surface area contributed by atoms with Gasteiger partial charge in [0.2, 0.25) is 5.66 Å². The Kier molecular flexibility index (Phi) is 6.12. The largest absolute Gasteiger partial charge is 0.354 e. The summed E-state index contributed by atoms with van der Waals surface area (Å²) < 4.78 is 0. The van der Waals surface area contributed by atoms with E-state index in [0.717, 1.165) is 54.4 Å². The SMILES string of the molecule is Cc1cccc(NC(=O)NC2(C)N=C(N3CCN(C)CC3)c3cccc(C)c3N(C)C2=O)c1. The van der Waals surface area contributed by atoms with Crippen LogP contribution < -0.4 is 15.5 Å². The van der Waals surface area contributed by atoms with Crippen LogP contribution >= 0.6 is 0 Å². The number of hydrogen-bond acceptors (Lipinski definition) is 5. The number of likely N-dealkylation sites (N-methyl/N-ethyl adjacent to an activating group) is 2. The Morgan fingerprint density at radius 3 is 2.42 bits per heavy atom. The Labute approximate surface area is 195 Å². The minimum Gasteiger partial charge on any atom is -0.354 e. The number of nitrogens with one attached hydrogen (secondary N) is 2. The van der Waals surface area contributed by atoms with Crippen LogP contribution in [0.1, 0.15) is 23.6 Å². The minimum absolute atomic E-state index is 0.290. The molecule has 0 spiro atoms. The lowest BCUT2D eigenvalue weighted by atomic mass is 10.0. The summed E-state index contributed by atoms with van der Waals surface area (Å²) in [4.78, 5) is 37.6. The molecule has 0 radical (unpaired) electrons. The first-order chi connectivity index (χ1) is 15.7. The van der Waals surface area contributed by atoms with Gasteiger partial charge in [-0.1, -0.05) is 24.3 Å². The molecule has 0 aliphatic carbocycles. The average Bonchev–Trinajstić information content (AvgIpc) is 2.84. The molecule has 33 heavy (non-hydrogen) atoms. The maximum atomic E-state index is 13.7. The van der Waals surface area contributed by atoms with E-state index in [0.29, 0.717) is 5.69 Å². The molecule has 0 saturated carbocycles. The van der Waals surface area contributed by atoms with Crippen molar-refractivity contribution >= 4 is 29.1 Å². The van der Waals surface area contributed by atoms with E-state index in [4.69, 9.17) is 4.99 Å². The van der Waals surface area contributed by atoms with E-state index in [2.05, 4.69) is 27.5 Å². The van der Waals surface area contributed by atoms with Gasteiger partial charge in [-0.25, -0.2) is 9.79 Å². The number of para-hydroxylation sites is 1. The van der Waals surface area contributed by atoms with Crippen molar-refractivity contribution in [1.29, 1.82) is 0 Å².